The lowest BCUT2D eigenvalue weighted by Gasteiger charge is -2.33. The third-order valence-corrected chi connectivity index (χ3v) is 30.4. The quantitative estimate of drug-likeness (QED) is 0.0216. The lowest BCUT2D eigenvalue weighted by molar-refractivity contribution is 0.304. The van der Waals surface area contributed by atoms with Gasteiger partial charge in [-0.3, -0.25) is 0 Å². The first-order valence-electron chi connectivity index (χ1n) is 50.0. The first-order chi connectivity index (χ1) is 59.3. The van der Waals surface area contributed by atoms with Gasteiger partial charge in [-0.2, -0.15) is 0 Å². The van der Waals surface area contributed by atoms with E-state index in [0.29, 0.717) is 6.61 Å². The van der Waals surface area contributed by atoms with Crippen LogP contribution in [-0.2, 0) is 12.8 Å². The second kappa shape index (κ2) is 36.2. The summed E-state index contributed by atoms with van der Waals surface area (Å²) in [5.74, 6) is 3.07. The molecule has 0 fully saturated rings. The summed E-state index contributed by atoms with van der Waals surface area (Å²) in [6.07, 6.45) is 59.6. The minimum absolute atomic E-state index is 0.709. The average molecular weight is 1590 g/mol. The maximum absolute atomic E-state index is 7.61. The van der Waals surface area contributed by atoms with Crippen molar-refractivity contribution >= 4 is 194 Å². The molecule has 3 nitrogen and oxygen atoms in total. The summed E-state index contributed by atoms with van der Waals surface area (Å²) >= 11 is 0. The summed E-state index contributed by atoms with van der Waals surface area (Å²) in [5, 5.41) is 51.3. The lowest BCUT2D eigenvalue weighted by atomic mass is 9.69. The highest BCUT2D eigenvalue weighted by atomic mass is 16.5. The van der Waals surface area contributed by atoms with Gasteiger partial charge in [0.05, 0.1) is 19.8 Å². The fraction of sp³-hybridized carbons (Fsp3) is 0.487. The summed E-state index contributed by atoms with van der Waals surface area (Å²) < 4.78 is 21.9. The predicted octanol–water partition coefficient (Wildman–Crippen LogP) is 37.8. The molecule has 120 heavy (non-hydrogen) atoms. The Balaban J connectivity index is 0.896. The Morgan fingerprint density at radius 1 is 0.183 bits per heavy atom. The number of fused-ring (bicyclic) bond motifs is 11. The summed E-state index contributed by atoms with van der Waals surface area (Å²) in [6.45, 7) is 21.4. The average Bonchev–Trinajstić information content (AvgIpc) is 0.629. The second-order valence-electron chi connectivity index (χ2n) is 38.5. The van der Waals surface area contributed by atoms with E-state index >= 15 is 0 Å². The van der Waals surface area contributed by atoms with Crippen molar-refractivity contribution in [2.24, 2.45) is 0 Å². The smallest absolute Gasteiger partial charge is 0.127 e. The highest BCUT2D eigenvalue weighted by molar-refractivity contribution is 6.66. The number of aryl methyl sites for hydroxylation is 5. The van der Waals surface area contributed by atoms with Gasteiger partial charge >= 0.3 is 0 Å². The Morgan fingerprint density at radius 2 is 0.508 bits per heavy atom. The van der Waals surface area contributed by atoms with E-state index in [0.717, 1.165) is 62.6 Å². The van der Waals surface area contributed by atoms with Gasteiger partial charge in [0.25, 0.3) is 0 Å². The summed E-state index contributed by atoms with van der Waals surface area (Å²) in [6, 6.07) is 40.6. The molecule has 0 aromatic heterocycles. The zero-order valence-corrected chi connectivity index (χ0v) is 75.1. The van der Waals surface area contributed by atoms with E-state index in [-0.39, 0.29) is 0 Å². The molecule has 19 aromatic carbocycles. The first kappa shape index (κ1) is 81.3. The molecule has 0 unspecified atom stereocenters. The van der Waals surface area contributed by atoms with Crippen LogP contribution in [0.2, 0.25) is 0 Å². The van der Waals surface area contributed by atoms with Gasteiger partial charge in [0.15, 0.2) is 0 Å². The van der Waals surface area contributed by atoms with E-state index in [2.05, 4.69) is 152 Å². The van der Waals surface area contributed by atoms with Gasteiger partial charge in [0, 0.05) is 16.2 Å². The third kappa shape index (κ3) is 14.1. The summed E-state index contributed by atoms with van der Waals surface area (Å²) in [5.41, 5.74) is 7.44. The highest BCUT2D eigenvalue weighted by Crippen LogP contribution is 2.66. The van der Waals surface area contributed by atoms with E-state index in [4.69, 9.17) is 14.2 Å². The van der Waals surface area contributed by atoms with Crippen LogP contribution in [0.25, 0.3) is 194 Å². The van der Waals surface area contributed by atoms with Crippen LogP contribution in [0, 0.1) is 20.8 Å². The largest absolute Gasteiger partial charge is 0.494 e. The summed E-state index contributed by atoms with van der Waals surface area (Å²) in [7, 11) is 0. The van der Waals surface area contributed by atoms with Crippen molar-refractivity contribution < 1.29 is 14.2 Å². The molecule has 0 spiro atoms. The molecule has 0 aliphatic carbocycles. The zero-order chi connectivity index (χ0) is 81.5. The Bertz CT molecular complexity index is 6660. The van der Waals surface area contributed by atoms with Gasteiger partial charge in [-0.15, -0.1) is 0 Å². The van der Waals surface area contributed by atoms with Crippen molar-refractivity contribution in [3.63, 3.8) is 0 Å². The van der Waals surface area contributed by atoms with Crippen LogP contribution in [0.15, 0.2) is 97.1 Å². The van der Waals surface area contributed by atoms with E-state index < -0.39 is 0 Å². The topological polar surface area (TPSA) is 27.7 Å². The molecule has 624 valence electrons. The molecule has 19 aromatic rings. The predicted molar refractivity (Wildman–Crippen MR) is 532 cm³/mol. The van der Waals surface area contributed by atoms with Crippen LogP contribution in [0.5, 0.6) is 17.2 Å². The molecule has 0 aliphatic heterocycles. The Hall–Kier alpha value is -8.40. The van der Waals surface area contributed by atoms with Crippen molar-refractivity contribution in [3.8, 4) is 17.2 Å². The number of hydrogen-bond donors (Lipinski definition) is 0. The molecule has 0 amide bonds. The number of ether oxygens (including phenoxy) is 3. The van der Waals surface area contributed by atoms with Crippen molar-refractivity contribution in [1.82, 2.24) is 0 Å². The molecule has 0 aliphatic rings. The molecular weight excluding hydrogens is 1450 g/mol. The van der Waals surface area contributed by atoms with Crippen LogP contribution < -0.4 is 14.2 Å². The normalized spacial score (nSPS) is 13.0. The second-order valence-corrected chi connectivity index (χ2v) is 38.5. The monoisotopic (exact) mass is 1590 g/mol. The van der Waals surface area contributed by atoms with Crippen molar-refractivity contribution in [3.05, 3.63) is 125 Å². The van der Waals surface area contributed by atoms with E-state index in [1.54, 1.807) is 11.1 Å². The minimum Gasteiger partial charge on any atom is -0.494 e. The van der Waals surface area contributed by atoms with Gasteiger partial charge in [0.1, 0.15) is 17.2 Å². The number of rotatable bonds is 52. The molecular formula is C117H138O3. The molecule has 19 rings (SSSR count). The molecule has 3 heteroatoms. The lowest BCUT2D eigenvalue weighted by Crippen LogP contribution is -2.06. The van der Waals surface area contributed by atoms with Crippen LogP contribution in [0.4, 0.5) is 0 Å². The maximum Gasteiger partial charge on any atom is 0.127 e. The first-order valence-corrected chi connectivity index (χ1v) is 50.0. The highest BCUT2D eigenvalue weighted by Gasteiger charge is 2.37. The van der Waals surface area contributed by atoms with Gasteiger partial charge in [-0.1, -0.05) is 346 Å². The van der Waals surface area contributed by atoms with Crippen LogP contribution >= 0.6 is 0 Å². The van der Waals surface area contributed by atoms with Crippen molar-refractivity contribution in [1.29, 1.82) is 0 Å². The maximum atomic E-state index is 7.61. The molecule has 0 heterocycles. The van der Waals surface area contributed by atoms with Crippen LogP contribution in [-0.4, -0.2) is 19.8 Å². The molecule has 0 radical (unpaired) electrons. The van der Waals surface area contributed by atoms with E-state index in [9.17, 15) is 0 Å². The van der Waals surface area contributed by atoms with E-state index in [1.165, 1.54) is 474 Å². The Kier molecular flexibility index (Phi) is 24.5. The van der Waals surface area contributed by atoms with Gasteiger partial charge in [0.2, 0.25) is 0 Å². The van der Waals surface area contributed by atoms with Crippen LogP contribution in [0.1, 0.15) is 345 Å². The third-order valence-electron chi connectivity index (χ3n) is 30.4. The molecule has 0 bridgehead atoms. The molecule has 0 saturated heterocycles. The molecule has 0 atom stereocenters. The van der Waals surface area contributed by atoms with Crippen molar-refractivity contribution in [2.45, 2.75) is 351 Å². The van der Waals surface area contributed by atoms with Gasteiger partial charge < -0.3 is 14.2 Å². The molecule has 0 N–H and O–H groups in total. The fourth-order valence-electron chi connectivity index (χ4n) is 24.5. The molecule has 0 saturated carbocycles. The SMILES string of the molecule is CCCCCCCCCCCCc1c(C)cc(CCCCCCCCCCCC)c2c1c1cc(OCCCCCCCCCC)cc3c4ccc5c6c(C)ccc7c8ccc9c%10ccc(OCCCCCCCCCC)cc%10c%10ccc%11c%12c(OCCCCCCCCCC)ccc%13c%14c(C)c2c(c31)c1c4c5c2c(c76)c3c8c9c%10c%11c3c(c%13%12)c2c%141. The number of benzene rings is 19. The standard InChI is InChI=1S/C117H138O3/c1-9-14-19-24-29-34-36-38-43-48-53-77-70-75(7)80(54-49-44-39-37-35-30-25-20-15-10-2)98-92-73-79(119-68-51-46-41-32-27-22-17-12-4)72-91-86-62-63-87-94-74(6)55-57-83-84-60-59-82-81-58-56-78(118-67-50-45-40-31-26-21-16-11-3)71-90(81)85-61-64-89-100-93(120-69-52-47-42-33-28-23-18-13-5)66-65-88-95-76(8)96(97(77)98)110(99(91)92)112-105(86)107(87)116-111(101(83)94)113-104(84)102(82)103(85)108(89)115(113)114(106(88)100)117(116)109(95)112/h55-66,70-73H,9-54,67-69H2,1-8H3. The zero-order valence-electron chi connectivity index (χ0n) is 75.1. The van der Waals surface area contributed by atoms with E-state index in [1.807, 2.05) is 0 Å². The Morgan fingerprint density at radius 3 is 1.02 bits per heavy atom. The van der Waals surface area contributed by atoms with Crippen LogP contribution in [0.3, 0.4) is 0 Å². The number of hydrogen-bond acceptors (Lipinski definition) is 3. The summed E-state index contributed by atoms with van der Waals surface area (Å²) in [4.78, 5) is 0. The van der Waals surface area contributed by atoms with Gasteiger partial charge in [-0.05, 0) is 308 Å². The fourth-order valence-corrected chi connectivity index (χ4v) is 24.5. The minimum atomic E-state index is 0.709. The Labute approximate surface area is 716 Å². The number of unbranched alkanes of at least 4 members (excludes halogenated alkanes) is 39. The van der Waals surface area contributed by atoms with Crippen molar-refractivity contribution in [2.75, 3.05) is 19.8 Å². The van der Waals surface area contributed by atoms with Gasteiger partial charge in [-0.25, -0.2) is 0 Å².